The zero-order valence-electron chi connectivity index (χ0n) is 16.8. The van der Waals surface area contributed by atoms with Gasteiger partial charge in [-0.3, -0.25) is 0 Å². The first kappa shape index (κ1) is 20.8. The second-order valence-corrected chi connectivity index (χ2v) is 7.68. The number of benzene rings is 1. The Labute approximate surface area is 180 Å². The van der Waals surface area contributed by atoms with E-state index in [1.165, 1.54) is 29.8 Å². The molecule has 0 fully saturated rings. The average Bonchev–Trinajstić information content (AvgIpc) is 3.15. The molecule has 0 aliphatic rings. The fourth-order valence-corrected chi connectivity index (χ4v) is 3.76. The highest BCUT2D eigenvalue weighted by molar-refractivity contribution is 7.21. The summed E-state index contributed by atoms with van der Waals surface area (Å²) in [5.74, 6) is 0.423. The number of aliphatic hydroxyl groups is 1. The van der Waals surface area contributed by atoms with Crippen molar-refractivity contribution in [2.45, 2.75) is 0 Å². The van der Waals surface area contributed by atoms with Gasteiger partial charge in [0.05, 0.1) is 12.3 Å². The van der Waals surface area contributed by atoms with Gasteiger partial charge in [0.25, 0.3) is 0 Å². The molecule has 0 saturated carbocycles. The number of fused-ring (bicyclic) bond motifs is 1. The van der Waals surface area contributed by atoms with E-state index in [0.717, 1.165) is 6.07 Å². The number of hydrogen-bond donors (Lipinski definition) is 2. The Morgan fingerprint density at radius 2 is 1.87 bits per heavy atom. The summed E-state index contributed by atoms with van der Waals surface area (Å²) in [6, 6.07) is 8.69. The molecule has 3 heterocycles. The van der Waals surface area contributed by atoms with Crippen molar-refractivity contribution >= 4 is 50.0 Å². The van der Waals surface area contributed by atoms with E-state index in [9.17, 15) is 8.78 Å². The van der Waals surface area contributed by atoms with Gasteiger partial charge in [-0.25, -0.2) is 28.7 Å². The normalized spacial score (nSPS) is 11.0. The molecule has 0 aliphatic carbocycles. The van der Waals surface area contributed by atoms with Gasteiger partial charge in [0, 0.05) is 32.8 Å². The van der Waals surface area contributed by atoms with Crippen molar-refractivity contribution in [3.63, 3.8) is 0 Å². The van der Waals surface area contributed by atoms with E-state index in [0.29, 0.717) is 39.5 Å². The minimum atomic E-state index is -0.665. The monoisotopic (exact) mass is 443 g/mol. The number of nitrogens with zero attached hydrogens (tertiary/aromatic N) is 6. The van der Waals surface area contributed by atoms with Crippen LogP contribution in [-0.4, -0.2) is 52.3 Å². The number of likely N-dealkylation sites (N-methyl/N-ethyl adjacent to an activating group) is 1. The second-order valence-electron chi connectivity index (χ2n) is 6.70. The van der Waals surface area contributed by atoms with E-state index in [4.69, 9.17) is 5.11 Å². The summed E-state index contributed by atoms with van der Waals surface area (Å²) >= 11 is 1.32. The number of hydrogen-bond acceptors (Lipinski definition) is 9. The molecule has 2 N–H and O–H groups in total. The number of anilines is 5. The highest BCUT2D eigenvalue weighted by atomic mass is 32.1. The maximum Gasteiger partial charge on any atom is 0.190 e. The average molecular weight is 443 g/mol. The molecule has 0 bridgehead atoms. The van der Waals surface area contributed by atoms with Crippen LogP contribution in [0.3, 0.4) is 0 Å². The molecule has 0 spiro atoms. The van der Waals surface area contributed by atoms with Crippen LogP contribution in [0.2, 0.25) is 0 Å². The Morgan fingerprint density at radius 1 is 1.03 bits per heavy atom. The van der Waals surface area contributed by atoms with E-state index in [1.54, 1.807) is 30.1 Å². The predicted molar refractivity (Wildman–Crippen MR) is 118 cm³/mol. The van der Waals surface area contributed by atoms with Crippen molar-refractivity contribution in [1.82, 2.24) is 19.9 Å². The van der Waals surface area contributed by atoms with Crippen molar-refractivity contribution in [1.29, 1.82) is 0 Å². The first-order valence-corrected chi connectivity index (χ1v) is 10.1. The third kappa shape index (κ3) is 4.52. The van der Waals surface area contributed by atoms with Crippen LogP contribution in [0, 0.1) is 11.6 Å². The van der Waals surface area contributed by atoms with Gasteiger partial charge in [-0.05, 0) is 24.3 Å². The summed E-state index contributed by atoms with van der Waals surface area (Å²) in [5.41, 5.74) is 0.896. The van der Waals surface area contributed by atoms with Gasteiger partial charge in [0.1, 0.15) is 45.8 Å². The molecular formula is C20H19F2N7OS. The molecule has 0 radical (unpaired) electrons. The van der Waals surface area contributed by atoms with Crippen LogP contribution in [0.5, 0.6) is 0 Å². The maximum absolute atomic E-state index is 14.1. The van der Waals surface area contributed by atoms with E-state index in [2.05, 4.69) is 25.3 Å². The van der Waals surface area contributed by atoms with Crippen LogP contribution in [0.4, 0.5) is 37.1 Å². The van der Waals surface area contributed by atoms with Crippen molar-refractivity contribution in [2.24, 2.45) is 0 Å². The summed E-state index contributed by atoms with van der Waals surface area (Å²) < 4.78 is 27.3. The lowest BCUT2D eigenvalue weighted by Gasteiger charge is -2.18. The molecule has 0 aliphatic heterocycles. The van der Waals surface area contributed by atoms with Crippen LogP contribution in [0.15, 0.2) is 42.7 Å². The fourth-order valence-electron chi connectivity index (χ4n) is 2.92. The van der Waals surface area contributed by atoms with Crippen LogP contribution in [0.25, 0.3) is 10.3 Å². The Morgan fingerprint density at radius 3 is 2.65 bits per heavy atom. The maximum atomic E-state index is 14.1. The van der Waals surface area contributed by atoms with Crippen LogP contribution in [0.1, 0.15) is 0 Å². The Balaban J connectivity index is 1.57. The lowest BCUT2D eigenvalue weighted by Crippen LogP contribution is -2.22. The van der Waals surface area contributed by atoms with E-state index >= 15 is 0 Å². The summed E-state index contributed by atoms with van der Waals surface area (Å²) in [7, 11) is 3.49. The number of thiazole rings is 1. The predicted octanol–water partition coefficient (Wildman–Crippen LogP) is 3.70. The molecular weight excluding hydrogens is 424 g/mol. The van der Waals surface area contributed by atoms with E-state index in [1.807, 2.05) is 11.9 Å². The van der Waals surface area contributed by atoms with Crippen molar-refractivity contribution in [3.05, 3.63) is 54.4 Å². The molecule has 3 aromatic heterocycles. The van der Waals surface area contributed by atoms with E-state index in [-0.39, 0.29) is 12.3 Å². The fraction of sp³-hybridized carbons (Fsp3) is 0.200. The zero-order chi connectivity index (χ0) is 22.0. The first-order chi connectivity index (χ1) is 14.9. The van der Waals surface area contributed by atoms with Crippen LogP contribution < -0.4 is 15.1 Å². The molecule has 0 unspecified atom stereocenters. The minimum absolute atomic E-state index is 0.0193. The van der Waals surface area contributed by atoms with Gasteiger partial charge in [0.15, 0.2) is 5.13 Å². The van der Waals surface area contributed by atoms with E-state index < -0.39 is 11.6 Å². The number of pyridine rings is 1. The quantitative estimate of drug-likeness (QED) is 0.447. The Kier molecular flexibility index (Phi) is 5.87. The molecule has 8 nitrogen and oxygen atoms in total. The smallest absolute Gasteiger partial charge is 0.190 e. The largest absolute Gasteiger partial charge is 0.395 e. The van der Waals surface area contributed by atoms with Crippen molar-refractivity contribution in [3.8, 4) is 0 Å². The summed E-state index contributed by atoms with van der Waals surface area (Å²) in [6.07, 6.45) is 1.43. The van der Waals surface area contributed by atoms with Gasteiger partial charge in [-0.1, -0.05) is 11.3 Å². The summed E-state index contributed by atoms with van der Waals surface area (Å²) in [4.78, 5) is 21.5. The van der Waals surface area contributed by atoms with Gasteiger partial charge in [-0.2, -0.15) is 0 Å². The first-order valence-electron chi connectivity index (χ1n) is 9.32. The van der Waals surface area contributed by atoms with Crippen LogP contribution >= 0.6 is 11.3 Å². The van der Waals surface area contributed by atoms with Crippen molar-refractivity contribution in [2.75, 3.05) is 42.4 Å². The molecule has 0 atom stereocenters. The highest BCUT2D eigenvalue weighted by Gasteiger charge is 2.14. The number of nitrogens with one attached hydrogen (secondary N) is 1. The van der Waals surface area contributed by atoms with Gasteiger partial charge in [0.2, 0.25) is 0 Å². The summed E-state index contributed by atoms with van der Waals surface area (Å²) in [5, 5.41) is 12.8. The topological polar surface area (TPSA) is 90.3 Å². The Bertz CT molecular complexity index is 1220. The second kappa shape index (κ2) is 8.74. The lowest BCUT2D eigenvalue weighted by molar-refractivity contribution is 0.304. The van der Waals surface area contributed by atoms with Gasteiger partial charge >= 0.3 is 0 Å². The molecule has 11 heteroatoms. The molecule has 4 aromatic rings. The standard InChI is InChI=1S/C20H19F2N7OS/c1-28(7-8-30)18-10-16(23-11-24-18)26-20-25-14-4-6-17(27-19(14)31-20)29(2)15-5-3-12(21)9-13(15)22/h3-6,9-11,30H,7-8H2,1-2H3,(H,23,24,25,26). The zero-order valence-corrected chi connectivity index (χ0v) is 17.6. The molecule has 31 heavy (non-hydrogen) atoms. The van der Waals surface area contributed by atoms with Crippen LogP contribution in [-0.2, 0) is 0 Å². The van der Waals surface area contributed by atoms with Gasteiger partial charge < -0.3 is 20.2 Å². The molecule has 4 rings (SSSR count). The Hall–Kier alpha value is -3.44. The highest BCUT2D eigenvalue weighted by Crippen LogP contribution is 2.31. The number of rotatable bonds is 7. The number of halogens is 2. The number of aromatic nitrogens is 4. The molecule has 0 saturated heterocycles. The number of aliphatic hydroxyl groups excluding tert-OH is 1. The lowest BCUT2D eigenvalue weighted by atomic mass is 10.2. The third-order valence-corrected chi connectivity index (χ3v) is 5.45. The van der Waals surface area contributed by atoms with Gasteiger partial charge in [-0.15, -0.1) is 0 Å². The molecule has 160 valence electrons. The summed E-state index contributed by atoms with van der Waals surface area (Å²) in [6.45, 7) is 0.470. The SMILES string of the molecule is CN(CCO)c1cc(Nc2nc3ccc(N(C)c4ccc(F)cc4F)nc3s2)ncn1. The molecule has 1 aromatic carbocycles. The third-order valence-electron chi connectivity index (χ3n) is 4.57. The van der Waals surface area contributed by atoms with Crippen molar-refractivity contribution < 1.29 is 13.9 Å². The minimum Gasteiger partial charge on any atom is -0.395 e. The molecule has 0 amide bonds.